The minimum atomic E-state index is 1.05. The van der Waals surface area contributed by atoms with Crippen LogP contribution in [-0.4, -0.2) is 36.4 Å². The highest BCUT2D eigenvalue weighted by Gasteiger charge is 2.24. The molecule has 4 nitrogen and oxygen atoms in total. The number of aryl methyl sites for hydroxylation is 1. The Morgan fingerprint density at radius 3 is 2.19 bits per heavy atom. The fourth-order valence-corrected chi connectivity index (χ4v) is 3.88. The van der Waals surface area contributed by atoms with Gasteiger partial charge in [0.15, 0.2) is 0 Å². The summed E-state index contributed by atoms with van der Waals surface area (Å²) in [5.41, 5.74) is 6.48. The first kappa shape index (κ1) is 17.0. The molecule has 0 atom stereocenters. The molecule has 134 valence electrons. The maximum Gasteiger partial charge on any atom is 0.127 e. The largest absolute Gasteiger partial charge is 0.322 e. The number of hydrogen-bond acceptors (Lipinski definition) is 1. The third kappa shape index (κ3) is 4.03. The van der Waals surface area contributed by atoms with Gasteiger partial charge in [0.1, 0.15) is 39.3 Å². The van der Waals surface area contributed by atoms with Gasteiger partial charge in [0, 0.05) is 11.1 Å². The minimum Gasteiger partial charge on any atom is -0.322 e. The Bertz CT molecular complexity index is 815. The normalized spacial score (nSPS) is 20.2. The van der Waals surface area contributed by atoms with Crippen LogP contribution >= 0.6 is 0 Å². The molecule has 0 radical (unpaired) electrons. The van der Waals surface area contributed by atoms with Crippen molar-refractivity contribution in [3.05, 3.63) is 77.5 Å². The molecule has 4 heteroatoms. The summed E-state index contributed by atoms with van der Waals surface area (Å²) in [6.45, 7) is 9.25. The van der Waals surface area contributed by atoms with E-state index in [9.17, 15) is 0 Å². The number of H-pyrrole nitrogens is 1. The van der Waals surface area contributed by atoms with Crippen molar-refractivity contribution >= 4 is 0 Å². The highest BCUT2D eigenvalue weighted by Crippen LogP contribution is 2.20. The molecule has 1 fully saturated rings. The van der Waals surface area contributed by atoms with Crippen LogP contribution in [0.5, 0.6) is 0 Å². The molecule has 2 aromatic carbocycles. The fraction of sp³-hybridized carbons (Fsp3) is 0.318. The average Bonchev–Trinajstić information content (AvgIpc) is 3.13. The van der Waals surface area contributed by atoms with E-state index in [1.54, 1.807) is 9.80 Å². The Morgan fingerprint density at radius 2 is 1.50 bits per heavy atom. The molecule has 4 rings (SSSR count). The topological polar surface area (TPSA) is 37.6 Å². The van der Waals surface area contributed by atoms with Crippen molar-refractivity contribution in [3.63, 3.8) is 0 Å². The first-order valence-corrected chi connectivity index (χ1v) is 9.58. The van der Waals surface area contributed by atoms with Gasteiger partial charge in [-0.1, -0.05) is 60.2 Å². The third-order valence-corrected chi connectivity index (χ3v) is 5.46. The summed E-state index contributed by atoms with van der Waals surface area (Å²) >= 11 is 0. The molecule has 0 aliphatic carbocycles. The van der Waals surface area contributed by atoms with Gasteiger partial charge in [-0.25, -0.2) is 0 Å². The Morgan fingerprint density at radius 1 is 0.846 bits per heavy atom. The zero-order valence-electron chi connectivity index (χ0n) is 15.5. The van der Waals surface area contributed by atoms with Crippen LogP contribution in [0.2, 0.25) is 0 Å². The predicted molar refractivity (Wildman–Crippen MR) is 104 cm³/mol. The van der Waals surface area contributed by atoms with E-state index in [1.807, 2.05) is 6.20 Å². The monoisotopic (exact) mass is 348 g/mol. The molecule has 0 amide bonds. The SMILES string of the molecule is Cc1ccc(-c2[nH]ncc2C[NH+]2CC[NH+](Cc3ccccc3)CC2)cc1. The van der Waals surface area contributed by atoms with Gasteiger partial charge in [-0.05, 0) is 6.92 Å². The molecule has 0 unspecified atom stereocenters. The standard InChI is InChI=1S/C22H26N4/c1-18-7-9-20(10-8-18)22-21(15-23-24-22)17-26-13-11-25(12-14-26)16-19-5-3-2-4-6-19/h2-10,15H,11-14,16-17H2,1H3,(H,23,24)/p+2. The van der Waals surface area contributed by atoms with Crippen molar-refractivity contribution in [2.45, 2.75) is 20.0 Å². The molecule has 1 saturated heterocycles. The lowest BCUT2D eigenvalue weighted by Gasteiger charge is -2.29. The summed E-state index contributed by atoms with van der Waals surface area (Å²) in [4.78, 5) is 3.36. The summed E-state index contributed by atoms with van der Waals surface area (Å²) in [5, 5.41) is 7.52. The van der Waals surface area contributed by atoms with E-state index >= 15 is 0 Å². The van der Waals surface area contributed by atoms with Crippen molar-refractivity contribution in [2.24, 2.45) is 0 Å². The second kappa shape index (κ2) is 7.85. The fourth-order valence-electron chi connectivity index (χ4n) is 3.88. The number of nitrogens with one attached hydrogen (secondary N) is 3. The van der Waals surface area contributed by atoms with E-state index in [-0.39, 0.29) is 0 Å². The Hall–Kier alpha value is -2.43. The van der Waals surface area contributed by atoms with E-state index in [0.717, 1.165) is 13.1 Å². The summed E-state index contributed by atoms with van der Waals surface area (Å²) in [6, 6.07) is 19.6. The quantitative estimate of drug-likeness (QED) is 0.629. The van der Waals surface area contributed by atoms with Crippen LogP contribution in [0.4, 0.5) is 0 Å². The van der Waals surface area contributed by atoms with Crippen LogP contribution in [0.25, 0.3) is 11.3 Å². The molecule has 1 aromatic heterocycles. The lowest BCUT2D eigenvalue weighted by atomic mass is 10.1. The molecule has 1 aliphatic rings. The predicted octanol–water partition coefficient (Wildman–Crippen LogP) is 0.869. The summed E-state index contributed by atoms with van der Waals surface area (Å²) in [6.07, 6.45) is 2.01. The average molecular weight is 348 g/mol. The van der Waals surface area contributed by atoms with Crippen molar-refractivity contribution in [3.8, 4) is 11.3 Å². The van der Waals surface area contributed by atoms with Crippen LogP contribution in [0.3, 0.4) is 0 Å². The molecule has 26 heavy (non-hydrogen) atoms. The van der Waals surface area contributed by atoms with Crippen LogP contribution in [-0.2, 0) is 13.1 Å². The molecule has 1 aliphatic heterocycles. The highest BCUT2D eigenvalue weighted by molar-refractivity contribution is 5.62. The molecule has 3 aromatic rings. The molecular formula is C22H28N4+2. The van der Waals surface area contributed by atoms with Crippen molar-refractivity contribution in [1.29, 1.82) is 0 Å². The second-order valence-corrected chi connectivity index (χ2v) is 7.48. The van der Waals surface area contributed by atoms with Crippen molar-refractivity contribution in [2.75, 3.05) is 26.2 Å². The maximum absolute atomic E-state index is 4.31. The number of rotatable bonds is 5. The molecule has 0 saturated carbocycles. The van der Waals surface area contributed by atoms with Gasteiger partial charge in [-0.2, -0.15) is 5.10 Å². The number of piperazine rings is 1. The van der Waals surface area contributed by atoms with Crippen LogP contribution in [0, 0.1) is 6.92 Å². The van der Waals surface area contributed by atoms with Gasteiger partial charge in [-0.15, -0.1) is 0 Å². The first-order chi connectivity index (χ1) is 12.8. The lowest BCUT2D eigenvalue weighted by Crippen LogP contribution is -3.27. The minimum absolute atomic E-state index is 1.05. The van der Waals surface area contributed by atoms with Gasteiger partial charge < -0.3 is 9.80 Å². The number of hydrogen-bond donors (Lipinski definition) is 3. The van der Waals surface area contributed by atoms with Crippen molar-refractivity contribution in [1.82, 2.24) is 10.2 Å². The van der Waals surface area contributed by atoms with E-state index in [0.29, 0.717) is 0 Å². The van der Waals surface area contributed by atoms with Gasteiger partial charge >= 0.3 is 0 Å². The van der Waals surface area contributed by atoms with Gasteiger partial charge in [0.2, 0.25) is 0 Å². The summed E-state index contributed by atoms with van der Waals surface area (Å²) in [7, 11) is 0. The summed E-state index contributed by atoms with van der Waals surface area (Å²) < 4.78 is 0. The number of quaternary nitrogens is 2. The van der Waals surface area contributed by atoms with Crippen molar-refractivity contribution < 1.29 is 9.80 Å². The highest BCUT2D eigenvalue weighted by atomic mass is 15.3. The smallest absolute Gasteiger partial charge is 0.127 e. The number of aromatic nitrogens is 2. The number of benzene rings is 2. The van der Waals surface area contributed by atoms with Crippen LogP contribution in [0.15, 0.2) is 60.8 Å². The van der Waals surface area contributed by atoms with Crippen LogP contribution < -0.4 is 9.80 Å². The molecule has 0 bridgehead atoms. The van der Waals surface area contributed by atoms with Gasteiger partial charge in [-0.3, -0.25) is 5.10 Å². The first-order valence-electron chi connectivity index (χ1n) is 9.58. The number of nitrogens with zero attached hydrogens (tertiary/aromatic N) is 1. The van der Waals surface area contributed by atoms with E-state index in [2.05, 4.69) is 71.7 Å². The molecule has 2 heterocycles. The Labute approximate surface area is 155 Å². The Kier molecular flexibility index (Phi) is 5.14. The third-order valence-electron chi connectivity index (χ3n) is 5.46. The van der Waals surface area contributed by atoms with E-state index in [4.69, 9.17) is 0 Å². The zero-order valence-corrected chi connectivity index (χ0v) is 15.5. The second-order valence-electron chi connectivity index (χ2n) is 7.48. The number of aromatic amines is 1. The maximum atomic E-state index is 4.31. The Balaban J connectivity index is 1.35. The van der Waals surface area contributed by atoms with Gasteiger partial charge in [0.25, 0.3) is 0 Å². The zero-order chi connectivity index (χ0) is 17.8. The molecule has 3 N–H and O–H groups in total. The molecule has 0 spiro atoms. The lowest BCUT2D eigenvalue weighted by molar-refractivity contribution is -1.02. The molecular weight excluding hydrogens is 320 g/mol. The van der Waals surface area contributed by atoms with Gasteiger partial charge in [0.05, 0.1) is 17.5 Å². The van der Waals surface area contributed by atoms with Crippen LogP contribution in [0.1, 0.15) is 16.7 Å². The van der Waals surface area contributed by atoms with E-state index in [1.165, 1.54) is 54.1 Å². The van der Waals surface area contributed by atoms with E-state index < -0.39 is 0 Å². The summed E-state index contributed by atoms with van der Waals surface area (Å²) in [5.74, 6) is 0.